The molecule has 0 bridgehead atoms. The highest BCUT2D eigenvalue weighted by Gasteiger charge is 2.18. The molecule has 4 aromatic rings. The van der Waals surface area contributed by atoms with E-state index in [1.165, 1.54) is 16.7 Å². The van der Waals surface area contributed by atoms with Crippen LogP contribution in [0.25, 0.3) is 11.1 Å². The summed E-state index contributed by atoms with van der Waals surface area (Å²) in [6, 6.07) is 19.9. The molecule has 0 aliphatic heterocycles. The zero-order valence-electron chi connectivity index (χ0n) is 15.5. The third-order valence-electron chi connectivity index (χ3n) is 4.97. The van der Waals surface area contributed by atoms with Gasteiger partial charge in [-0.15, -0.1) is 0 Å². The van der Waals surface area contributed by atoms with Crippen molar-refractivity contribution < 1.29 is 9.21 Å². The van der Waals surface area contributed by atoms with E-state index >= 15 is 0 Å². The Labute approximate surface area is 158 Å². The molecular weight excluding hydrogens is 336 g/mol. The number of aryl methyl sites for hydroxylation is 2. The second kappa shape index (κ2) is 7.16. The molecule has 1 amide bonds. The van der Waals surface area contributed by atoms with Crippen LogP contribution in [0.5, 0.6) is 0 Å². The highest BCUT2D eigenvalue weighted by Crippen LogP contribution is 2.24. The molecule has 2 heterocycles. The molecule has 4 rings (SSSR count). The van der Waals surface area contributed by atoms with Gasteiger partial charge < -0.3 is 14.3 Å². The minimum Gasteiger partial charge on any atom is -0.463 e. The SMILES string of the molecule is CCc1ccc(NC(=O)c2cc3occc3n2Cc2ccccc2C)cc1. The Hall–Kier alpha value is -3.27. The van der Waals surface area contributed by atoms with Gasteiger partial charge in [-0.3, -0.25) is 4.79 Å². The maximum atomic E-state index is 13.0. The van der Waals surface area contributed by atoms with Crippen LogP contribution in [0.4, 0.5) is 5.69 Å². The van der Waals surface area contributed by atoms with Crippen molar-refractivity contribution in [2.45, 2.75) is 26.8 Å². The summed E-state index contributed by atoms with van der Waals surface area (Å²) in [7, 11) is 0. The van der Waals surface area contributed by atoms with Crippen LogP contribution in [0.15, 0.2) is 71.3 Å². The third kappa shape index (κ3) is 3.38. The van der Waals surface area contributed by atoms with E-state index in [0.29, 0.717) is 12.2 Å². The molecule has 0 unspecified atom stereocenters. The summed E-state index contributed by atoms with van der Waals surface area (Å²) in [5, 5.41) is 3.00. The second-order valence-electron chi connectivity index (χ2n) is 6.72. The van der Waals surface area contributed by atoms with Crippen molar-refractivity contribution in [2.75, 3.05) is 5.32 Å². The molecular formula is C23H22N2O2. The zero-order valence-corrected chi connectivity index (χ0v) is 15.5. The average molecular weight is 358 g/mol. The van der Waals surface area contributed by atoms with E-state index < -0.39 is 0 Å². The molecule has 0 spiro atoms. The van der Waals surface area contributed by atoms with Crippen LogP contribution in [0.2, 0.25) is 0 Å². The Bertz CT molecular complexity index is 1090. The molecule has 27 heavy (non-hydrogen) atoms. The zero-order chi connectivity index (χ0) is 18.8. The predicted molar refractivity (Wildman–Crippen MR) is 108 cm³/mol. The Morgan fingerprint density at radius 2 is 1.85 bits per heavy atom. The van der Waals surface area contributed by atoms with Crippen LogP contribution in [-0.4, -0.2) is 10.5 Å². The first kappa shape index (κ1) is 17.2. The van der Waals surface area contributed by atoms with Gasteiger partial charge >= 0.3 is 0 Å². The van der Waals surface area contributed by atoms with Gasteiger partial charge in [-0.05, 0) is 42.2 Å². The molecule has 0 atom stereocenters. The number of nitrogens with one attached hydrogen (secondary N) is 1. The normalized spacial score (nSPS) is 11.0. The number of benzene rings is 2. The topological polar surface area (TPSA) is 47.2 Å². The number of fused-ring (bicyclic) bond motifs is 1. The van der Waals surface area contributed by atoms with Crippen molar-refractivity contribution in [1.82, 2.24) is 4.57 Å². The maximum absolute atomic E-state index is 13.0. The van der Waals surface area contributed by atoms with Gasteiger partial charge in [-0.1, -0.05) is 43.3 Å². The maximum Gasteiger partial charge on any atom is 0.272 e. The molecule has 4 heteroatoms. The number of hydrogen-bond donors (Lipinski definition) is 1. The number of rotatable bonds is 5. The highest BCUT2D eigenvalue weighted by molar-refractivity contribution is 6.05. The summed E-state index contributed by atoms with van der Waals surface area (Å²) in [5.41, 5.74) is 6.64. The van der Waals surface area contributed by atoms with Gasteiger partial charge in [0.25, 0.3) is 5.91 Å². The lowest BCUT2D eigenvalue weighted by Crippen LogP contribution is -2.17. The van der Waals surface area contributed by atoms with E-state index in [4.69, 9.17) is 4.42 Å². The average Bonchev–Trinajstić information content (AvgIpc) is 3.27. The lowest BCUT2D eigenvalue weighted by Gasteiger charge is -2.12. The molecule has 0 saturated carbocycles. The summed E-state index contributed by atoms with van der Waals surface area (Å²) >= 11 is 0. The molecule has 0 radical (unpaired) electrons. The first-order chi connectivity index (χ1) is 13.2. The van der Waals surface area contributed by atoms with Crippen LogP contribution in [-0.2, 0) is 13.0 Å². The molecule has 136 valence electrons. The summed E-state index contributed by atoms with van der Waals surface area (Å²) in [6.45, 7) is 4.81. The van der Waals surface area contributed by atoms with Gasteiger partial charge in [-0.2, -0.15) is 0 Å². The van der Waals surface area contributed by atoms with Crippen molar-refractivity contribution >= 4 is 22.7 Å². The van der Waals surface area contributed by atoms with E-state index in [0.717, 1.165) is 23.2 Å². The number of carbonyl (C=O) groups excluding carboxylic acids is 1. The molecule has 4 nitrogen and oxygen atoms in total. The van der Waals surface area contributed by atoms with E-state index in [9.17, 15) is 4.79 Å². The van der Waals surface area contributed by atoms with Gasteiger partial charge in [0.2, 0.25) is 0 Å². The molecule has 0 aliphatic rings. The first-order valence-electron chi connectivity index (χ1n) is 9.17. The third-order valence-corrected chi connectivity index (χ3v) is 4.97. The van der Waals surface area contributed by atoms with Crippen LogP contribution < -0.4 is 5.32 Å². The quantitative estimate of drug-likeness (QED) is 0.519. The first-order valence-corrected chi connectivity index (χ1v) is 9.17. The molecule has 2 aromatic carbocycles. The van der Waals surface area contributed by atoms with Gasteiger partial charge in [0.15, 0.2) is 5.58 Å². The van der Waals surface area contributed by atoms with Gasteiger partial charge in [0, 0.05) is 24.4 Å². The number of anilines is 1. The van der Waals surface area contributed by atoms with Crippen molar-refractivity contribution in [1.29, 1.82) is 0 Å². The Morgan fingerprint density at radius 1 is 1.07 bits per heavy atom. The molecule has 0 saturated heterocycles. The number of amides is 1. The Kier molecular flexibility index (Phi) is 4.55. The smallest absolute Gasteiger partial charge is 0.272 e. The Morgan fingerprint density at radius 3 is 2.59 bits per heavy atom. The van der Waals surface area contributed by atoms with Crippen molar-refractivity contribution in [3.05, 3.63) is 89.3 Å². The number of hydrogen-bond acceptors (Lipinski definition) is 2. The van der Waals surface area contributed by atoms with Gasteiger partial charge in [0.05, 0.1) is 11.8 Å². The van der Waals surface area contributed by atoms with E-state index in [-0.39, 0.29) is 5.91 Å². The van der Waals surface area contributed by atoms with E-state index in [1.54, 1.807) is 6.26 Å². The van der Waals surface area contributed by atoms with Crippen LogP contribution in [0.3, 0.4) is 0 Å². The van der Waals surface area contributed by atoms with Crippen molar-refractivity contribution in [3.8, 4) is 0 Å². The molecule has 1 N–H and O–H groups in total. The lowest BCUT2D eigenvalue weighted by molar-refractivity contribution is 0.101. The van der Waals surface area contributed by atoms with E-state index in [2.05, 4.69) is 31.3 Å². The fourth-order valence-electron chi connectivity index (χ4n) is 3.31. The van der Waals surface area contributed by atoms with Crippen LogP contribution in [0, 0.1) is 6.92 Å². The van der Waals surface area contributed by atoms with Crippen LogP contribution >= 0.6 is 0 Å². The minimum absolute atomic E-state index is 0.140. The summed E-state index contributed by atoms with van der Waals surface area (Å²) in [5.74, 6) is -0.140. The number of aromatic nitrogens is 1. The van der Waals surface area contributed by atoms with Crippen molar-refractivity contribution in [2.24, 2.45) is 0 Å². The second-order valence-corrected chi connectivity index (χ2v) is 6.72. The van der Waals surface area contributed by atoms with Crippen molar-refractivity contribution in [3.63, 3.8) is 0 Å². The molecule has 0 aliphatic carbocycles. The number of nitrogens with zero attached hydrogens (tertiary/aromatic N) is 1. The predicted octanol–water partition coefficient (Wildman–Crippen LogP) is 5.41. The summed E-state index contributed by atoms with van der Waals surface area (Å²) in [6.07, 6.45) is 2.63. The molecule has 2 aromatic heterocycles. The monoisotopic (exact) mass is 358 g/mol. The largest absolute Gasteiger partial charge is 0.463 e. The van der Waals surface area contributed by atoms with E-state index in [1.807, 2.05) is 53.1 Å². The minimum atomic E-state index is -0.140. The van der Waals surface area contributed by atoms with Gasteiger partial charge in [0.1, 0.15) is 5.69 Å². The highest BCUT2D eigenvalue weighted by atomic mass is 16.3. The fourth-order valence-corrected chi connectivity index (χ4v) is 3.31. The number of furan rings is 1. The van der Waals surface area contributed by atoms with Crippen LogP contribution in [0.1, 0.15) is 34.1 Å². The summed E-state index contributed by atoms with van der Waals surface area (Å²) in [4.78, 5) is 13.0. The molecule has 0 fully saturated rings. The summed E-state index contributed by atoms with van der Waals surface area (Å²) < 4.78 is 7.55. The fraction of sp³-hybridized carbons (Fsp3) is 0.174. The Balaban J connectivity index is 1.67. The standard InChI is InChI=1S/C23H22N2O2/c1-3-17-8-10-19(11-9-17)24-23(26)21-14-22-20(12-13-27-22)25(21)15-18-7-5-4-6-16(18)2/h4-14H,3,15H2,1-2H3,(H,24,26). The number of carbonyl (C=O) groups is 1. The van der Waals surface area contributed by atoms with Gasteiger partial charge in [-0.25, -0.2) is 0 Å². The lowest BCUT2D eigenvalue weighted by atomic mass is 10.1.